The molecule has 5 rings (SSSR count). The molecule has 31 heavy (non-hydrogen) atoms. The molecular formula is C24H27N7. The van der Waals surface area contributed by atoms with Crippen molar-refractivity contribution in [2.75, 3.05) is 43.9 Å². The molecule has 0 atom stereocenters. The number of benzene rings is 2. The van der Waals surface area contributed by atoms with Gasteiger partial charge in [0.05, 0.1) is 0 Å². The average Bonchev–Trinajstić information content (AvgIpc) is 3.47. The average molecular weight is 414 g/mol. The van der Waals surface area contributed by atoms with Crippen LogP contribution in [0.25, 0.3) is 33.2 Å². The van der Waals surface area contributed by atoms with Crippen LogP contribution in [0.15, 0.2) is 60.9 Å². The van der Waals surface area contributed by atoms with Gasteiger partial charge in [0.1, 0.15) is 5.82 Å². The second kappa shape index (κ2) is 8.75. The van der Waals surface area contributed by atoms with E-state index in [-0.39, 0.29) is 5.95 Å². The van der Waals surface area contributed by atoms with Crippen molar-refractivity contribution < 1.29 is 0 Å². The lowest BCUT2D eigenvalue weighted by atomic mass is 9.99. The molecule has 5 N–H and O–H groups in total. The Kier molecular flexibility index (Phi) is 5.52. The number of hydrogen-bond acceptors (Lipinski definition) is 6. The third-order valence-corrected chi connectivity index (χ3v) is 5.76. The summed E-state index contributed by atoms with van der Waals surface area (Å²) in [5.74, 6) is 1.06. The molecule has 7 heteroatoms. The second-order valence-corrected chi connectivity index (χ2v) is 7.88. The summed E-state index contributed by atoms with van der Waals surface area (Å²) in [6.45, 7) is 5.07. The lowest BCUT2D eigenvalue weighted by molar-refractivity contribution is 0.333. The Balaban J connectivity index is 1.39. The van der Waals surface area contributed by atoms with Crippen LogP contribution in [0.3, 0.4) is 0 Å². The van der Waals surface area contributed by atoms with Crippen molar-refractivity contribution in [3.63, 3.8) is 0 Å². The van der Waals surface area contributed by atoms with E-state index < -0.39 is 0 Å². The number of aromatic amines is 1. The molecule has 7 nitrogen and oxygen atoms in total. The molecule has 1 aliphatic heterocycles. The van der Waals surface area contributed by atoms with Crippen LogP contribution in [0.1, 0.15) is 6.42 Å². The summed E-state index contributed by atoms with van der Waals surface area (Å²) in [7, 11) is 0. The third kappa shape index (κ3) is 4.23. The van der Waals surface area contributed by atoms with E-state index >= 15 is 0 Å². The molecule has 2 aromatic heterocycles. The van der Waals surface area contributed by atoms with Crippen LogP contribution in [0.2, 0.25) is 0 Å². The number of hydrogen-bond donors (Lipinski definition) is 4. The van der Waals surface area contributed by atoms with Gasteiger partial charge in [-0.1, -0.05) is 36.4 Å². The summed E-state index contributed by atoms with van der Waals surface area (Å²) in [6, 6.07) is 16.8. The first-order chi connectivity index (χ1) is 15.3. The van der Waals surface area contributed by atoms with Crippen molar-refractivity contribution >= 4 is 22.7 Å². The molecule has 158 valence electrons. The zero-order valence-electron chi connectivity index (χ0n) is 17.4. The van der Waals surface area contributed by atoms with E-state index in [9.17, 15) is 0 Å². The van der Waals surface area contributed by atoms with Gasteiger partial charge in [0.25, 0.3) is 0 Å². The van der Waals surface area contributed by atoms with Gasteiger partial charge in [0.2, 0.25) is 5.95 Å². The molecule has 2 aromatic carbocycles. The summed E-state index contributed by atoms with van der Waals surface area (Å²) in [6.07, 6.45) is 4.92. The van der Waals surface area contributed by atoms with Gasteiger partial charge in [-0.25, -0.2) is 4.98 Å². The molecule has 1 fully saturated rings. The number of nitrogen functional groups attached to an aromatic ring is 1. The highest BCUT2D eigenvalue weighted by Crippen LogP contribution is 2.33. The molecule has 0 aliphatic carbocycles. The number of nitrogens with one attached hydrogen (secondary N) is 3. The van der Waals surface area contributed by atoms with Gasteiger partial charge in [-0.3, -0.25) is 4.90 Å². The zero-order valence-corrected chi connectivity index (χ0v) is 17.4. The standard InChI is InChI=1S/C24H27N7/c25-24-29-15-21(23(30-24)27-9-4-11-31-12-10-26-16-31)18-6-3-5-17(13-18)20-14-28-22-8-2-1-7-19(20)22/h1-3,5-8,13-15,26,28H,4,9-12,16H2,(H3,25,27,29,30). The molecule has 4 aromatic rings. The fraction of sp³-hybridized carbons (Fsp3) is 0.250. The summed E-state index contributed by atoms with van der Waals surface area (Å²) in [4.78, 5) is 14.5. The maximum atomic E-state index is 5.90. The van der Waals surface area contributed by atoms with E-state index in [2.05, 4.69) is 79.1 Å². The molecular weight excluding hydrogens is 386 g/mol. The van der Waals surface area contributed by atoms with Gasteiger partial charge in [-0.2, -0.15) is 4.98 Å². The number of rotatable bonds is 7. The normalized spacial score (nSPS) is 14.3. The topological polar surface area (TPSA) is 94.9 Å². The van der Waals surface area contributed by atoms with Crippen molar-refractivity contribution in [2.24, 2.45) is 0 Å². The van der Waals surface area contributed by atoms with E-state index in [4.69, 9.17) is 5.73 Å². The van der Waals surface area contributed by atoms with Crippen molar-refractivity contribution in [1.29, 1.82) is 0 Å². The molecule has 0 amide bonds. The first kappa shape index (κ1) is 19.5. The van der Waals surface area contributed by atoms with Gasteiger partial charge in [-0.05, 0) is 29.7 Å². The number of para-hydroxylation sites is 1. The number of anilines is 2. The van der Waals surface area contributed by atoms with E-state index in [0.717, 1.165) is 67.3 Å². The van der Waals surface area contributed by atoms with Gasteiger partial charge in [0, 0.05) is 67.3 Å². The van der Waals surface area contributed by atoms with Crippen LogP contribution >= 0.6 is 0 Å². The van der Waals surface area contributed by atoms with Crippen LogP contribution < -0.4 is 16.4 Å². The minimum atomic E-state index is 0.280. The highest BCUT2D eigenvalue weighted by atomic mass is 15.3. The minimum absolute atomic E-state index is 0.280. The predicted molar refractivity (Wildman–Crippen MR) is 127 cm³/mol. The molecule has 1 aliphatic rings. The fourth-order valence-corrected chi connectivity index (χ4v) is 4.16. The molecule has 3 heterocycles. The maximum absolute atomic E-state index is 5.90. The number of aromatic nitrogens is 3. The lowest BCUT2D eigenvalue weighted by Crippen LogP contribution is -2.24. The first-order valence-electron chi connectivity index (χ1n) is 10.7. The quantitative estimate of drug-likeness (QED) is 0.346. The smallest absolute Gasteiger partial charge is 0.221 e. The Labute approximate surface area is 181 Å². The van der Waals surface area contributed by atoms with E-state index in [0.29, 0.717) is 0 Å². The first-order valence-corrected chi connectivity index (χ1v) is 10.7. The highest BCUT2D eigenvalue weighted by Gasteiger charge is 2.13. The van der Waals surface area contributed by atoms with Crippen molar-refractivity contribution in [1.82, 2.24) is 25.2 Å². The van der Waals surface area contributed by atoms with Crippen molar-refractivity contribution in [3.8, 4) is 22.3 Å². The Morgan fingerprint density at radius 1 is 1.06 bits per heavy atom. The van der Waals surface area contributed by atoms with Gasteiger partial charge >= 0.3 is 0 Å². The van der Waals surface area contributed by atoms with Crippen LogP contribution in [0.4, 0.5) is 11.8 Å². The van der Waals surface area contributed by atoms with Crippen LogP contribution in [0.5, 0.6) is 0 Å². The van der Waals surface area contributed by atoms with Gasteiger partial charge in [-0.15, -0.1) is 0 Å². The van der Waals surface area contributed by atoms with Gasteiger partial charge < -0.3 is 21.4 Å². The van der Waals surface area contributed by atoms with Crippen LogP contribution in [-0.4, -0.2) is 52.7 Å². The van der Waals surface area contributed by atoms with E-state index in [1.54, 1.807) is 0 Å². The monoisotopic (exact) mass is 413 g/mol. The molecule has 0 radical (unpaired) electrons. The van der Waals surface area contributed by atoms with Crippen molar-refractivity contribution in [2.45, 2.75) is 6.42 Å². The second-order valence-electron chi connectivity index (χ2n) is 7.88. The SMILES string of the molecule is Nc1ncc(-c2cccc(-c3c[nH]c4ccccc34)c2)c(NCCCN2CCNC2)n1. The summed E-state index contributed by atoms with van der Waals surface area (Å²) in [5.41, 5.74) is 11.4. The molecule has 0 bridgehead atoms. The molecule has 1 saturated heterocycles. The van der Waals surface area contributed by atoms with E-state index in [1.807, 2.05) is 12.3 Å². The minimum Gasteiger partial charge on any atom is -0.369 e. The van der Waals surface area contributed by atoms with E-state index in [1.165, 1.54) is 10.9 Å². The summed E-state index contributed by atoms with van der Waals surface area (Å²) < 4.78 is 0. The summed E-state index contributed by atoms with van der Waals surface area (Å²) >= 11 is 0. The summed E-state index contributed by atoms with van der Waals surface area (Å²) in [5, 5.41) is 8.05. The molecule has 0 unspecified atom stereocenters. The van der Waals surface area contributed by atoms with Crippen LogP contribution in [0, 0.1) is 0 Å². The number of nitrogens with two attached hydrogens (primary N) is 1. The Hall–Kier alpha value is -3.42. The zero-order chi connectivity index (χ0) is 21.0. The Morgan fingerprint density at radius 2 is 1.94 bits per heavy atom. The van der Waals surface area contributed by atoms with Gasteiger partial charge in [0.15, 0.2) is 0 Å². The number of H-pyrrole nitrogens is 1. The van der Waals surface area contributed by atoms with Crippen LogP contribution in [-0.2, 0) is 0 Å². The molecule has 0 saturated carbocycles. The predicted octanol–water partition coefficient (Wildman–Crippen LogP) is 3.54. The number of nitrogens with zero attached hydrogens (tertiary/aromatic N) is 3. The number of fused-ring (bicyclic) bond motifs is 1. The highest BCUT2D eigenvalue weighted by molar-refractivity contribution is 5.96. The Bertz CT molecular complexity index is 1180. The molecule has 0 spiro atoms. The largest absolute Gasteiger partial charge is 0.369 e. The fourth-order valence-electron chi connectivity index (χ4n) is 4.16. The maximum Gasteiger partial charge on any atom is 0.221 e. The third-order valence-electron chi connectivity index (χ3n) is 5.76. The lowest BCUT2D eigenvalue weighted by Gasteiger charge is -2.15. The van der Waals surface area contributed by atoms with Crippen molar-refractivity contribution in [3.05, 3.63) is 60.9 Å². The Morgan fingerprint density at radius 3 is 2.81 bits per heavy atom.